The van der Waals surface area contributed by atoms with Crippen molar-refractivity contribution >= 4 is 21.4 Å². The molecule has 1 saturated heterocycles. The molecule has 0 aliphatic carbocycles. The van der Waals surface area contributed by atoms with Crippen molar-refractivity contribution in [2.45, 2.75) is 18.4 Å². The molecule has 7 heteroatoms. The quantitative estimate of drug-likeness (QED) is 0.803. The van der Waals surface area contributed by atoms with Gasteiger partial charge < -0.3 is 15.1 Å². The highest BCUT2D eigenvalue weighted by atomic mass is 32.2. The van der Waals surface area contributed by atoms with Gasteiger partial charge in [-0.2, -0.15) is 0 Å². The molecular formula is C21H27N3O3S. The molecule has 1 amide bonds. The molecule has 28 heavy (non-hydrogen) atoms. The molecule has 0 atom stereocenters. The van der Waals surface area contributed by atoms with E-state index < -0.39 is 9.84 Å². The average Bonchev–Trinajstić information content (AvgIpc) is 2.73. The molecule has 2 aromatic rings. The first kappa shape index (κ1) is 20.4. The Morgan fingerprint density at radius 1 is 1.00 bits per heavy atom. The third-order valence-electron chi connectivity index (χ3n) is 5.12. The van der Waals surface area contributed by atoms with Gasteiger partial charge in [0.15, 0.2) is 9.84 Å². The minimum atomic E-state index is -3.46. The standard InChI is InChI=1S/C21H27N3O3S/c1-3-28(26,27)20-11-7-5-9-18(20)21(25)22-16-17-8-4-6-10-19(17)24-14-12-23(2)13-15-24/h4-11H,3,12-16H2,1-2H3,(H,22,25). The van der Waals surface area contributed by atoms with E-state index in [0.717, 1.165) is 37.4 Å². The zero-order valence-corrected chi connectivity index (χ0v) is 17.2. The van der Waals surface area contributed by atoms with Gasteiger partial charge in [-0.3, -0.25) is 4.79 Å². The zero-order valence-electron chi connectivity index (χ0n) is 16.4. The smallest absolute Gasteiger partial charge is 0.252 e. The summed E-state index contributed by atoms with van der Waals surface area (Å²) in [5, 5.41) is 2.90. The Labute approximate surface area is 167 Å². The van der Waals surface area contributed by atoms with Crippen LogP contribution < -0.4 is 10.2 Å². The number of hydrogen-bond acceptors (Lipinski definition) is 5. The third-order valence-corrected chi connectivity index (χ3v) is 6.91. The molecule has 1 aliphatic heterocycles. The fourth-order valence-electron chi connectivity index (χ4n) is 3.37. The summed E-state index contributed by atoms with van der Waals surface area (Å²) in [4.78, 5) is 17.4. The van der Waals surface area contributed by atoms with E-state index in [2.05, 4.69) is 28.2 Å². The summed E-state index contributed by atoms with van der Waals surface area (Å²) < 4.78 is 24.6. The van der Waals surface area contributed by atoms with Crippen LogP contribution in [0.25, 0.3) is 0 Å². The predicted molar refractivity (Wildman–Crippen MR) is 111 cm³/mol. The molecule has 0 spiro atoms. The second-order valence-corrected chi connectivity index (χ2v) is 9.25. The summed E-state index contributed by atoms with van der Waals surface area (Å²) in [6.45, 7) is 5.82. The number of benzene rings is 2. The summed E-state index contributed by atoms with van der Waals surface area (Å²) in [6.07, 6.45) is 0. The van der Waals surface area contributed by atoms with Gasteiger partial charge in [-0.25, -0.2) is 8.42 Å². The molecule has 2 aromatic carbocycles. The van der Waals surface area contributed by atoms with Crippen molar-refractivity contribution in [2.75, 3.05) is 43.9 Å². The number of carbonyl (C=O) groups excluding carboxylic acids is 1. The monoisotopic (exact) mass is 401 g/mol. The van der Waals surface area contributed by atoms with Crippen molar-refractivity contribution in [3.8, 4) is 0 Å². The molecule has 150 valence electrons. The van der Waals surface area contributed by atoms with Gasteiger partial charge >= 0.3 is 0 Å². The number of nitrogens with one attached hydrogen (secondary N) is 1. The molecule has 1 heterocycles. The number of piperazine rings is 1. The summed E-state index contributed by atoms with van der Waals surface area (Å²) >= 11 is 0. The Balaban J connectivity index is 1.76. The fourth-order valence-corrected chi connectivity index (χ4v) is 4.46. The normalized spacial score (nSPS) is 15.4. The molecule has 1 fully saturated rings. The predicted octanol–water partition coefficient (Wildman–Crippen LogP) is 2.16. The second kappa shape index (κ2) is 8.75. The number of likely N-dealkylation sites (N-methyl/N-ethyl adjacent to an activating group) is 1. The minimum absolute atomic E-state index is 0.0382. The number of nitrogens with zero attached hydrogens (tertiary/aromatic N) is 2. The molecule has 6 nitrogen and oxygen atoms in total. The number of hydrogen-bond donors (Lipinski definition) is 1. The molecule has 1 aliphatic rings. The fraction of sp³-hybridized carbons (Fsp3) is 0.381. The lowest BCUT2D eigenvalue weighted by atomic mass is 10.1. The van der Waals surface area contributed by atoms with E-state index in [-0.39, 0.29) is 22.1 Å². The molecule has 0 radical (unpaired) electrons. The Hall–Kier alpha value is -2.38. The maximum atomic E-state index is 12.7. The number of para-hydroxylation sites is 1. The maximum absolute atomic E-state index is 12.7. The van der Waals surface area contributed by atoms with Crippen LogP contribution in [-0.2, 0) is 16.4 Å². The molecule has 0 bridgehead atoms. The van der Waals surface area contributed by atoms with E-state index >= 15 is 0 Å². The summed E-state index contributed by atoms with van der Waals surface area (Å²) in [5.41, 5.74) is 2.34. The van der Waals surface area contributed by atoms with Crippen LogP contribution in [0.3, 0.4) is 0 Å². The Morgan fingerprint density at radius 3 is 2.36 bits per heavy atom. The van der Waals surface area contributed by atoms with Crippen LogP contribution in [0.2, 0.25) is 0 Å². The highest BCUT2D eigenvalue weighted by Crippen LogP contribution is 2.22. The van der Waals surface area contributed by atoms with Gasteiger partial charge in [-0.1, -0.05) is 37.3 Å². The van der Waals surface area contributed by atoms with E-state index in [1.807, 2.05) is 18.2 Å². The van der Waals surface area contributed by atoms with E-state index in [1.165, 1.54) is 6.07 Å². The molecule has 0 aromatic heterocycles. The van der Waals surface area contributed by atoms with Crippen LogP contribution in [0.15, 0.2) is 53.4 Å². The van der Waals surface area contributed by atoms with E-state index in [1.54, 1.807) is 25.1 Å². The van der Waals surface area contributed by atoms with Gasteiger partial charge in [0.2, 0.25) is 0 Å². The molecule has 0 saturated carbocycles. The minimum Gasteiger partial charge on any atom is -0.369 e. The molecular weight excluding hydrogens is 374 g/mol. The van der Waals surface area contributed by atoms with Crippen molar-refractivity contribution in [1.82, 2.24) is 10.2 Å². The SMILES string of the molecule is CCS(=O)(=O)c1ccccc1C(=O)NCc1ccccc1N1CCN(C)CC1. The van der Waals surface area contributed by atoms with Crippen molar-refractivity contribution in [1.29, 1.82) is 0 Å². The van der Waals surface area contributed by atoms with Gasteiger partial charge in [-0.05, 0) is 30.8 Å². The van der Waals surface area contributed by atoms with Gasteiger partial charge in [-0.15, -0.1) is 0 Å². The first-order valence-electron chi connectivity index (χ1n) is 9.53. The van der Waals surface area contributed by atoms with Crippen LogP contribution in [-0.4, -0.2) is 58.2 Å². The summed E-state index contributed by atoms with van der Waals surface area (Å²) in [7, 11) is -1.34. The van der Waals surface area contributed by atoms with Gasteiger partial charge in [0, 0.05) is 38.4 Å². The lowest BCUT2D eigenvalue weighted by molar-refractivity contribution is 0.0947. The van der Waals surface area contributed by atoms with Crippen LogP contribution in [0.5, 0.6) is 0 Å². The van der Waals surface area contributed by atoms with Crippen LogP contribution in [0, 0.1) is 0 Å². The van der Waals surface area contributed by atoms with Crippen LogP contribution in [0.1, 0.15) is 22.8 Å². The average molecular weight is 402 g/mol. The molecule has 0 unspecified atom stereocenters. The van der Waals surface area contributed by atoms with Crippen molar-refractivity contribution < 1.29 is 13.2 Å². The Morgan fingerprint density at radius 2 is 1.64 bits per heavy atom. The van der Waals surface area contributed by atoms with Gasteiger partial charge in [0.05, 0.1) is 16.2 Å². The van der Waals surface area contributed by atoms with Crippen molar-refractivity contribution in [3.05, 3.63) is 59.7 Å². The number of anilines is 1. The lowest BCUT2D eigenvalue weighted by Gasteiger charge is -2.35. The third kappa shape index (κ3) is 4.54. The lowest BCUT2D eigenvalue weighted by Crippen LogP contribution is -2.45. The van der Waals surface area contributed by atoms with Crippen LogP contribution in [0.4, 0.5) is 5.69 Å². The largest absolute Gasteiger partial charge is 0.369 e. The van der Waals surface area contributed by atoms with Gasteiger partial charge in [0.1, 0.15) is 0 Å². The Bertz CT molecular complexity index is 935. The maximum Gasteiger partial charge on any atom is 0.252 e. The highest BCUT2D eigenvalue weighted by Gasteiger charge is 2.21. The van der Waals surface area contributed by atoms with Gasteiger partial charge in [0.25, 0.3) is 5.91 Å². The van der Waals surface area contributed by atoms with Crippen LogP contribution >= 0.6 is 0 Å². The number of rotatable bonds is 6. The van der Waals surface area contributed by atoms with E-state index in [9.17, 15) is 13.2 Å². The summed E-state index contributed by atoms with van der Waals surface area (Å²) in [6, 6.07) is 14.4. The second-order valence-electron chi connectivity index (χ2n) is 7.00. The highest BCUT2D eigenvalue weighted by molar-refractivity contribution is 7.91. The van der Waals surface area contributed by atoms with Crippen molar-refractivity contribution in [3.63, 3.8) is 0 Å². The Kier molecular flexibility index (Phi) is 6.36. The number of sulfone groups is 1. The summed E-state index contributed by atoms with van der Waals surface area (Å²) in [5.74, 6) is -0.412. The number of carbonyl (C=O) groups is 1. The topological polar surface area (TPSA) is 69.7 Å². The van der Waals surface area contributed by atoms with E-state index in [4.69, 9.17) is 0 Å². The first-order valence-corrected chi connectivity index (χ1v) is 11.2. The first-order chi connectivity index (χ1) is 13.4. The number of amides is 1. The molecule has 1 N–H and O–H groups in total. The van der Waals surface area contributed by atoms with Crippen molar-refractivity contribution in [2.24, 2.45) is 0 Å². The van der Waals surface area contributed by atoms with E-state index in [0.29, 0.717) is 6.54 Å². The zero-order chi connectivity index (χ0) is 20.1. The molecule has 3 rings (SSSR count).